The van der Waals surface area contributed by atoms with Crippen LogP contribution in [0.5, 0.6) is 11.5 Å². The number of thiazole rings is 1. The molecule has 0 saturated carbocycles. The topological polar surface area (TPSA) is 60.5 Å². The second-order valence-electron chi connectivity index (χ2n) is 6.65. The van der Waals surface area contributed by atoms with Gasteiger partial charge in [0.2, 0.25) is 6.79 Å². The molecule has 5 nitrogen and oxygen atoms in total. The van der Waals surface area contributed by atoms with E-state index in [0.717, 1.165) is 21.8 Å². The van der Waals surface area contributed by atoms with Crippen LogP contribution in [-0.2, 0) is 0 Å². The lowest BCUT2D eigenvalue weighted by Crippen LogP contribution is -2.11. The minimum atomic E-state index is -0.217. The first-order chi connectivity index (χ1) is 14.7. The Hall–Kier alpha value is -3.35. The summed E-state index contributed by atoms with van der Waals surface area (Å²) in [5, 5.41) is 6.54. The standard InChI is InChI=1S/C23H15ClN2O3S/c24-17-7-4-14(5-8-17)23-26-19(12-30-23)15-2-1-3-18(10-15)25-22(27)16-6-9-20-21(11-16)29-13-28-20/h1-12H,13H2,(H,25,27). The largest absolute Gasteiger partial charge is 0.454 e. The van der Waals surface area contributed by atoms with Gasteiger partial charge in [-0.1, -0.05) is 35.9 Å². The first kappa shape index (κ1) is 18.7. The Kier molecular flexibility index (Phi) is 4.86. The zero-order valence-corrected chi connectivity index (χ0v) is 17.2. The number of anilines is 1. The zero-order valence-electron chi connectivity index (χ0n) is 15.6. The van der Waals surface area contributed by atoms with Gasteiger partial charge in [-0.15, -0.1) is 11.3 Å². The smallest absolute Gasteiger partial charge is 0.255 e. The summed E-state index contributed by atoms with van der Waals surface area (Å²) in [6.45, 7) is 0.175. The Labute approximate surface area is 181 Å². The molecule has 1 aliphatic rings. The highest BCUT2D eigenvalue weighted by atomic mass is 35.5. The number of carbonyl (C=O) groups excluding carboxylic acids is 1. The molecule has 7 heteroatoms. The monoisotopic (exact) mass is 434 g/mol. The molecule has 148 valence electrons. The maximum absolute atomic E-state index is 12.6. The molecule has 5 rings (SSSR count). The van der Waals surface area contributed by atoms with Crippen molar-refractivity contribution in [3.05, 3.63) is 82.7 Å². The van der Waals surface area contributed by atoms with Crippen LogP contribution in [-0.4, -0.2) is 17.7 Å². The fraction of sp³-hybridized carbons (Fsp3) is 0.0435. The molecule has 30 heavy (non-hydrogen) atoms. The van der Waals surface area contributed by atoms with Gasteiger partial charge in [-0.2, -0.15) is 0 Å². The Morgan fingerprint density at radius 2 is 1.80 bits per heavy atom. The SMILES string of the molecule is O=C(Nc1cccc(-c2csc(-c3ccc(Cl)cc3)n2)c1)c1ccc2c(c1)OCO2. The van der Waals surface area contributed by atoms with E-state index in [1.165, 1.54) is 0 Å². The van der Waals surface area contributed by atoms with Crippen molar-refractivity contribution in [3.63, 3.8) is 0 Å². The molecule has 0 saturated heterocycles. The highest BCUT2D eigenvalue weighted by molar-refractivity contribution is 7.13. The van der Waals surface area contributed by atoms with Crippen LogP contribution < -0.4 is 14.8 Å². The van der Waals surface area contributed by atoms with E-state index in [1.807, 2.05) is 53.9 Å². The summed E-state index contributed by atoms with van der Waals surface area (Å²) in [6.07, 6.45) is 0. The molecule has 1 aromatic heterocycles. The molecule has 0 unspecified atom stereocenters. The number of amides is 1. The summed E-state index contributed by atoms with van der Waals surface area (Å²) in [5.74, 6) is 1.01. The normalized spacial score (nSPS) is 12.0. The van der Waals surface area contributed by atoms with E-state index < -0.39 is 0 Å². The maximum atomic E-state index is 12.6. The van der Waals surface area contributed by atoms with Crippen molar-refractivity contribution >= 4 is 34.5 Å². The summed E-state index contributed by atoms with van der Waals surface area (Å²) >= 11 is 7.53. The van der Waals surface area contributed by atoms with Crippen molar-refractivity contribution in [2.24, 2.45) is 0 Å². The second-order valence-corrected chi connectivity index (χ2v) is 7.94. The summed E-state index contributed by atoms with van der Waals surface area (Å²) < 4.78 is 10.6. The highest BCUT2D eigenvalue weighted by Gasteiger charge is 2.16. The molecule has 1 N–H and O–H groups in total. The number of nitrogens with one attached hydrogen (secondary N) is 1. The summed E-state index contributed by atoms with van der Waals surface area (Å²) in [5.41, 5.74) is 3.99. The molecule has 0 atom stereocenters. The van der Waals surface area contributed by atoms with E-state index in [-0.39, 0.29) is 12.7 Å². The fourth-order valence-electron chi connectivity index (χ4n) is 3.13. The molecule has 1 amide bonds. The third kappa shape index (κ3) is 3.75. The van der Waals surface area contributed by atoms with Crippen LogP contribution in [0.4, 0.5) is 5.69 Å². The molecule has 0 fully saturated rings. The quantitative estimate of drug-likeness (QED) is 0.421. The van der Waals surface area contributed by atoms with Gasteiger partial charge in [-0.3, -0.25) is 4.79 Å². The van der Waals surface area contributed by atoms with Gasteiger partial charge >= 0.3 is 0 Å². The number of hydrogen-bond donors (Lipinski definition) is 1. The van der Waals surface area contributed by atoms with Gasteiger partial charge in [0.25, 0.3) is 5.91 Å². The number of rotatable bonds is 4. The Morgan fingerprint density at radius 1 is 0.967 bits per heavy atom. The number of nitrogens with zero attached hydrogens (tertiary/aromatic N) is 1. The van der Waals surface area contributed by atoms with Crippen molar-refractivity contribution in [3.8, 4) is 33.3 Å². The summed E-state index contributed by atoms with van der Waals surface area (Å²) in [7, 11) is 0. The predicted molar refractivity (Wildman–Crippen MR) is 119 cm³/mol. The Balaban J connectivity index is 1.35. The van der Waals surface area contributed by atoms with Crippen LogP contribution in [0.25, 0.3) is 21.8 Å². The Bertz CT molecular complexity index is 1240. The van der Waals surface area contributed by atoms with Crippen LogP contribution >= 0.6 is 22.9 Å². The zero-order chi connectivity index (χ0) is 20.5. The van der Waals surface area contributed by atoms with E-state index >= 15 is 0 Å². The van der Waals surface area contributed by atoms with Crippen LogP contribution in [0.1, 0.15) is 10.4 Å². The van der Waals surface area contributed by atoms with Crippen LogP contribution in [0.3, 0.4) is 0 Å². The van der Waals surface area contributed by atoms with Crippen molar-refractivity contribution in [1.82, 2.24) is 4.98 Å². The fourth-order valence-corrected chi connectivity index (χ4v) is 4.09. The lowest BCUT2D eigenvalue weighted by atomic mass is 10.1. The van der Waals surface area contributed by atoms with Gasteiger partial charge in [-0.05, 0) is 42.5 Å². The maximum Gasteiger partial charge on any atom is 0.255 e. The summed E-state index contributed by atoms with van der Waals surface area (Å²) in [4.78, 5) is 17.4. The molecule has 4 aromatic rings. The number of fused-ring (bicyclic) bond motifs is 1. The number of hydrogen-bond acceptors (Lipinski definition) is 5. The number of halogens is 1. The highest BCUT2D eigenvalue weighted by Crippen LogP contribution is 2.33. The van der Waals surface area contributed by atoms with Crippen LogP contribution in [0, 0.1) is 0 Å². The van der Waals surface area contributed by atoms with Gasteiger partial charge in [-0.25, -0.2) is 4.98 Å². The van der Waals surface area contributed by atoms with E-state index in [0.29, 0.717) is 27.8 Å². The van der Waals surface area contributed by atoms with E-state index in [1.54, 1.807) is 29.5 Å². The lowest BCUT2D eigenvalue weighted by molar-refractivity contribution is 0.102. The number of ether oxygens (including phenoxy) is 2. The van der Waals surface area contributed by atoms with E-state index in [2.05, 4.69) is 5.32 Å². The van der Waals surface area contributed by atoms with E-state index in [4.69, 9.17) is 26.1 Å². The van der Waals surface area contributed by atoms with Crippen molar-refractivity contribution < 1.29 is 14.3 Å². The molecule has 2 heterocycles. The number of aromatic nitrogens is 1. The van der Waals surface area contributed by atoms with Crippen molar-refractivity contribution in [1.29, 1.82) is 0 Å². The first-order valence-electron chi connectivity index (χ1n) is 9.19. The second kappa shape index (κ2) is 7.82. The van der Waals surface area contributed by atoms with Crippen LogP contribution in [0.15, 0.2) is 72.1 Å². The average molecular weight is 435 g/mol. The third-order valence-electron chi connectivity index (χ3n) is 4.65. The molecule has 0 spiro atoms. The number of benzene rings is 3. The third-order valence-corrected chi connectivity index (χ3v) is 5.79. The van der Waals surface area contributed by atoms with Crippen molar-refractivity contribution in [2.75, 3.05) is 12.1 Å². The first-order valence-corrected chi connectivity index (χ1v) is 10.4. The van der Waals surface area contributed by atoms with Gasteiger partial charge in [0, 0.05) is 32.8 Å². The molecular formula is C23H15ClN2O3S. The Morgan fingerprint density at radius 3 is 2.67 bits per heavy atom. The lowest BCUT2D eigenvalue weighted by Gasteiger charge is -2.07. The molecule has 0 radical (unpaired) electrons. The predicted octanol–water partition coefficient (Wildman–Crippen LogP) is 6.11. The summed E-state index contributed by atoms with van der Waals surface area (Å²) in [6, 6.07) is 20.4. The molecule has 3 aromatic carbocycles. The molecule has 0 bridgehead atoms. The minimum absolute atomic E-state index is 0.175. The molecular weight excluding hydrogens is 420 g/mol. The van der Waals surface area contributed by atoms with Gasteiger partial charge < -0.3 is 14.8 Å². The molecule has 1 aliphatic heterocycles. The average Bonchev–Trinajstić information content (AvgIpc) is 3.44. The van der Waals surface area contributed by atoms with Gasteiger partial charge in [0.1, 0.15) is 5.01 Å². The van der Waals surface area contributed by atoms with Crippen LogP contribution in [0.2, 0.25) is 5.02 Å². The van der Waals surface area contributed by atoms with Gasteiger partial charge in [0.05, 0.1) is 5.69 Å². The van der Waals surface area contributed by atoms with Gasteiger partial charge in [0.15, 0.2) is 11.5 Å². The minimum Gasteiger partial charge on any atom is -0.454 e. The number of carbonyl (C=O) groups is 1. The van der Waals surface area contributed by atoms with Crippen molar-refractivity contribution in [2.45, 2.75) is 0 Å². The van der Waals surface area contributed by atoms with E-state index in [9.17, 15) is 4.79 Å². The molecule has 0 aliphatic carbocycles.